The van der Waals surface area contributed by atoms with Crippen LogP contribution in [0, 0.1) is 0 Å². The molecular formula is C8H9NO5S. The van der Waals surface area contributed by atoms with E-state index >= 15 is 0 Å². The Bertz CT molecular complexity index is 441. The van der Waals surface area contributed by atoms with Gasteiger partial charge in [0.2, 0.25) is 5.37 Å². The number of ether oxygens (including phenoxy) is 1. The number of carbonyl (C=O) groups excluding carboxylic acids is 1. The fourth-order valence-electron chi connectivity index (χ4n) is 0.784. The molecule has 0 aliphatic heterocycles. The molecule has 1 aromatic rings. The van der Waals surface area contributed by atoms with E-state index in [1.165, 1.54) is 12.1 Å². The van der Waals surface area contributed by atoms with Gasteiger partial charge in [0.05, 0.1) is 0 Å². The van der Waals surface area contributed by atoms with Crippen molar-refractivity contribution in [3.8, 4) is 5.75 Å². The van der Waals surface area contributed by atoms with E-state index in [2.05, 4.69) is 4.74 Å². The predicted molar refractivity (Wildman–Crippen MR) is 51.6 cm³/mol. The standard InChI is InChI=1S/C8H9NO5S/c9-7(15(11,12)13)8(10)14-6-4-2-1-3-5-6/h1-5,7H,9H2,(H,11,12,13). The van der Waals surface area contributed by atoms with Crippen molar-refractivity contribution < 1.29 is 22.5 Å². The number of hydrogen-bond acceptors (Lipinski definition) is 5. The van der Waals surface area contributed by atoms with E-state index in [0.717, 1.165) is 0 Å². The number of para-hydroxylation sites is 1. The van der Waals surface area contributed by atoms with Crippen LogP contribution in [0.15, 0.2) is 30.3 Å². The zero-order chi connectivity index (χ0) is 11.5. The maximum atomic E-state index is 11.1. The maximum absolute atomic E-state index is 11.1. The Kier molecular flexibility index (Phi) is 3.40. The van der Waals surface area contributed by atoms with Crippen molar-refractivity contribution in [1.82, 2.24) is 0 Å². The van der Waals surface area contributed by atoms with Gasteiger partial charge in [-0.05, 0) is 12.1 Å². The minimum absolute atomic E-state index is 0.154. The van der Waals surface area contributed by atoms with E-state index in [4.69, 9.17) is 10.3 Å². The molecule has 0 fully saturated rings. The molecule has 1 unspecified atom stereocenters. The van der Waals surface area contributed by atoms with Crippen molar-refractivity contribution in [3.05, 3.63) is 30.3 Å². The van der Waals surface area contributed by atoms with Gasteiger partial charge in [0.15, 0.2) is 0 Å². The summed E-state index contributed by atoms with van der Waals surface area (Å²) in [4.78, 5) is 11.1. The first-order valence-electron chi connectivity index (χ1n) is 3.90. The Morgan fingerprint density at radius 3 is 2.33 bits per heavy atom. The Morgan fingerprint density at radius 1 is 1.33 bits per heavy atom. The lowest BCUT2D eigenvalue weighted by molar-refractivity contribution is -0.133. The summed E-state index contributed by atoms with van der Waals surface area (Å²) < 4.78 is 34.1. The van der Waals surface area contributed by atoms with Gasteiger partial charge >= 0.3 is 5.97 Å². The van der Waals surface area contributed by atoms with Gasteiger partial charge in [-0.1, -0.05) is 18.2 Å². The van der Waals surface area contributed by atoms with Gasteiger partial charge in [0.1, 0.15) is 5.75 Å². The number of hydrogen-bond donors (Lipinski definition) is 2. The first kappa shape index (κ1) is 11.6. The van der Waals surface area contributed by atoms with Crippen molar-refractivity contribution >= 4 is 16.1 Å². The van der Waals surface area contributed by atoms with Gasteiger partial charge < -0.3 is 10.5 Å². The van der Waals surface area contributed by atoms with E-state index in [9.17, 15) is 13.2 Å². The van der Waals surface area contributed by atoms with Gasteiger partial charge in [-0.15, -0.1) is 0 Å². The van der Waals surface area contributed by atoms with Crippen LogP contribution >= 0.6 is 0 Å². The summed E-state index contributed by atoms with van der Waals surface area (Å²) in [7, 11) is -4.62. The normalized spacial score (nSPS) is 13.2. The monoisotopic (exact) mass is 231 g/mol. The Labute approximate surface area is 86.4 Å². The molecule has 0 radical (unpaired) electrons. The Balaban J connectivity index is 2.73. The van der Waals surface area contributed by atoms with Gasteiger partial charge in [0, 0.05) is 0 Å². The molecule has 3 N–H and O–H groups in total. The smallest absolute Gasteiger partial charge is 0.346 e. The topological polar surface area (TPSA) is 107 Å². The van der Waals surface area contributed by atoms with Crippen molar-refractivity contribution in [3.63, 3.8) is 0 Å². The molecule has 1 atom stereocenters. The van der Waals surface area contributed by atoms with Crippen LogP contribution in [-0.2, 0) is 14.9 Å². The lowest BCUT2D eigenvalue weighted by atomic mass is 10.3. The maximum Gasteiger partial charge on any atom is 0.346 e. The molecule has 82 valence electrons. The van der Waals surface area contributed by atoms with Crippen LogP contribution in [0.1, 0.15) is 0 Å². The molecule has 15 heavy (non-hydrogen) atoms. The Hall–Kier alpha value is -1.44. The highest BCUT2D eigenvalue weighted by molar-refractivity contribution is 7.87. The zero-order valence-electron chi connectivity index (χ0n) is 7.53. The van der Waals surface area contributed by atoms with Crippen LogP contribution in [0.2, 0.25) is 0 Å². The average molecular weight is 231 g/mol. The molecule has 0 heterocycles. The molecule has 0 spiro atoms. The lowest BCUT2D eigenvalue weighted by Crippen LogP contribution is -2.41. The second-order valence-corrected chi connectivity index (χ2v) is 4.21. The number of benzene rings is 1. The van der Waals surface area contributed by atoms with Gasteiger partial charge in [-0.2, -0.15) is 8.42 Å². The Morgan fingerprint density at radius 2 is 1.87 bits per heavy atom. The summed E-state index contributed by atoms with van der Waals surface area (Å²) in [5.41, 5.74) is 4.93. The van der Waals surface area contributed by atoms with Crippen molar-refractivity contribution in [2.45, 2.75) is 5.37 Å². The molecule has 1 aromatic carbocycles. The first-order chi connectivity index (χ1) is 6.91. The number of rotatable bonds is 3. The fraction of sp³-hybridized carbons (Fsp3) is 0.125. The third-order valence-electron chi connectivity index (χ3n) is 1.51. The molecule has 1 rings (SSSR count). The summed E-state index contributed by atoms with van der Waals surface area (Å²) in [6.45, 7) is 0. The van der Waals surface area contributed by atoms with E-state index in [1.54, 1.807) is 18.2 Å². The van der Waals surface area contributed by atoms with E-state index in [0.29, 0.717) is 0 Å². The lowest BCUT2D eigenvalue weighted by Gasteiger charge is -2.07. The minimum Gasteiger partial charge on any atom is -0.425 e. The molecule has 7 heteroatoms. The van der Waals surface area contributed by atoms with Crippen molar-refractivity contribution in [2.24, 2.45) is 5.73 Å². The molecule has 0 amide bonds. The SMILES string of the molecule is NC(C(=O)Oc1ccccc1)S(=O)(=O)O. The molecule has 0 bridgehead atoms. The van der Waals surface area contributed by atoms with Crippen LogP contribution in [0.4, 0.5) is 0 Å². The molecular weight excluding hydrogens is 222 g/mol. The minimum atomic E-state index is -4.62. The fourth-order valence-corrected chi connectivity index (χ4v) is 1.08. The largest absolute Gasteiger partial charge is 0.425 e. The first-order valence-corrected chi connectivity index (χ1v) is 5.40. The summed E-state index contributed by atoms with van der Waals surface area (Å²) in [6, 6.07) is 7.80. The van der Waals surface area contributed by atoms with Crippen LogP contribution < -0.4 is 10.5 Å². The molecule has 0 aliphatic carbocycles. The number of carbonyl (C=O) groups is 1. The van der Waals surface area contributed by atoms with Crippen molar-refractivity contribution in [1.29, 1.82) is 0 Å². The van der Waals surface area contributed by atoms with Crippen molar-refractivity contribution in [2.75, 3.05) is 0 Å². The zero-order valence-corrected chi connectivity index (χ0v) is 8.35. The van der Waals surface area contributed by atoms with Crippen LogP contribution in [0.5, 0.6) is 5.75 Å². The van der Waals surface area contributed by atoms with Crippen LogP contribution in [0.25, 0.3) is 0 Å². The number of nitrogens with two attached hydrogens (primary N) is 1. The summed E-state index contributed by atoms with van der Waals surface area (Å²) in [5.74, 6) is -1.08. The van der Waals surface area contributed by atoms with E-state index < -0.39 is 21.5 Å². The summed E-state index contributed by atoms with van der Waals surface area (Å²) in [6.07, 6.45) is 0. The van der Waals surface area contributed by atoms with Crippen LogP contribution in [-0.4, -0.2) is 24.3 Å². The third kappa shape index (κ3) is 3.31. The second kappa shape index (κ2) is 4.39. The van der Waals surface area contributed by atoms with Crippen LogP contribution in [0.3, 0.4) is 0 Å². The molecule has 0 aliphatic rings. The quantitative estimate of drug-likeness (QED) is 0.422. The second-order valence-electron chi connectivity index (χ2n) is 2.67. The molecule has 0 aromatic heterocycles. The van der Waals surface area contributed by atoms with Gasteiger partial charge in [-0.3, -0.25) is 4.55 Å². The van der Waals surface area contributed by atoms with E-state index in [-0.39, 0.29) is 5.75 Å². The summed E-state index contributed by atoms with van der Waals surface area (Å²) >= 11 is 0. The predicted octanol–water partition coefficient (Wildman–Crippen LogP) is -0.235. The van der Waals surface area contributed by atoms with E-state index in [1.807, 2.05) is 0 Å². The highest BCUT2D eigenvalue weighted by Gasteiger charge is 2.28. The summed E-state index contributed by atoms with van der Waals surface area (Å²) in [5, 5.41) is -2.09. The third-order valence-corrected chi connectivity index (χ3v) is 2.35. The number of esters is 1. The molecule has 0 saturated carbocycles. The molecule has 6 nitrogen and oxygen atoms in total. The average Bonchev–Trinajstić information content (AvgIpc) is 2.16. The molecule has 0 saturated heterocycles. The highest BCUT2D eigenvalue weighted by Crippen LogP contribution is 2.09. The van der Waals surface area contributed by atoms with Gasteiger partial charge in [-0.25, -0.2) is 4.79 Å². The highest BCUT2D eigenvalue weighted by atomic mass is 32.2. The van der Waals surface area contributed by atoms with Gasteiger partial charge in [0.25, 0.3) is 10.1 Å².